The van der Waals surface area contributed by atoms with Crippen LogP contribution >= 0.6 is 11.6 Å². The zero-order chi connectivity index (χ0) is 16.8. The molecule has 0 bridgehead atoms. The molecule has 0 fully saturated rings. The van der Waals surface area contributed by atoms with Crippen LogP contribution < -0.4 is 5.43 Å². The average molecular weight is 333 g/mol. The van der Waals surface area contributed by atoms with Gasteiger partial charge >= 0.3 is 0 Å². The molecule has 1 aromatic carbocycles. The standard InChI is InChI=1S/C19H25ClN2O/c1-4-5-9-22(12-16-7-6-8-17(20)10-16)13-18-15(3)19(23)14(2)11-21-18/h6-8,10-11H,4-5,9,12-13H2,1-3H3,(H,21,23). The van der Waals surface area contributed by atoms with E-state index in [9.17, 15) is 4.79 Å². The number of benzene rings is 1. The van der Waals surface area contributed by atoms with E-state index in [1.807, 2.05) is 38.2 Å². The normalized spacial score (nSPS) is 11.2. The SMILES string of the molecule is CCCCN(Cc1cccc(Cl)c1)Cc1[nH]cc(C)c(=O)c1C. The molecule has 124 valence electrons. The van der Waals surface area contributed by atoms with Crippen molar-refractivity contribution in [2.75, 3.05) is 6.54 Å². The molecule has 0 atom stereocenters. The molecule has 0 aliphatic carbocycles. The number of H-pyrrole nitrogens is 1. The molecule has 1 N–H and O–H groups in total. The smallest absolute Gasteiger partial charge is 0.187 e. The van der Waals surface area contributed by atoms with Crippen molar-refractivity contribution in [3.05, 3.63) is 68.1 Å². The lowest BCUT2D eigenvalue weighted by Crippen LogP contribution is -2.26. The highest BCUT2D eigenvalue weighted by Crippen LogP contribution is 2.15. The first-order valence-electron chi connectivity index (χ1n) is 8.15. The maximum atomic E-state index is 12.1. The first kappa shape index (κ1) is 17.8. The van der Waals surface area contributed by atoms with Gasteiger partial charge in [-0.05, 0) is 44.5 Å². The largest absolute Gasteiger partial charge is 0.363 e. The van der Waals surface area contributed by atoms with Crippen LogP contribution in [0.3, 0.4) is 0 Å². The van der Waals surface area contributed by atoms with E-state index >= 15 is 0 Å². The molecule has 1 heterocycles. The van der Waals surface area contributed by atoms with Crippen molar-refractivity contribution >= 4 is 11.6 Å². The van der Waals surface area contributed by atoms with Gasteiger partial charge in [0.15, 0.2) is 5.43 Å². The fourth-order valence-electron chi connectivity index (χ4n) is 2.68. The van der Waals surface area contributed by atoms with Crippen molar-refractivity contribution in [2.24, 2.45) is 0 Å². The van der Waals surface area contributed by atoms with E-state index in [4.69, 9.17) is 11.6 Å². The Morgan fingerprint density at radius 1 is 1.22 bits per heavy atom. The number of hydrogen-bond donors (Lipinski definition) is 1. The number of pyridine rings is 1. The van der Waals surface area contributed by atoms with Gasteiger partial charge in [0, 0.05) is 41.1 Å². The first-order valence-corrected chi connectivity index (χ1v) is 8.53. The lowest BCUT2D eigenvalue weighted by molar-refractivity contribution is 0.249. The summed E-state index contributed by atoms with van der Waals surface area (Å²) in [5.41, 5.74) is 3.91. The van der Waals surface area contributed by atoms with Crippen LogP contribution in [0.15, 0.2) is 35.3 Å². The van der Waals surface area contributed by atoms with Crippen LogP contribution in [0.1, 0.15) is 42.1 Å². The van der Waals surface area contributed by atoms with Gasteiger partial charge in [0.1, 0.15) is 0 Å². The summed E-state index contributed by atoms with van der Waals surface area (Å²) in [6.45, 7) is 8.51. The predicted molar refractivity (Wildman–Crippen MR) is 97.0 cm³/mol. The Morgan fingerprint density at radius 3 is 2.70 bits per heavy atom. The van der Waals surface area contributed by atoms with E-state index in [0.29, 0.717) is 0 Å². The molecule has 1 aromatic heterocycles. The third-order valence-electron chi connectivity index (χ3n) is 4.12. The number of nitrogens with zero attached hydrogens (tertiary/aromatic N) is 1. The summed E-state index contributed by atoms with van der Waals surface area (Å²) in [5.74, 6) is 0. The zero-order valence-electron chi connectivity index (χ0n) is 14.2. The maximum Gasteiger partial charge on any atom is 0.187 e. The fourth-order valence-corrected chi connectivity index (χ4v) is 2.89. The van der Waals surface area contributed by atoms with E-state index in [0.717, 1.165) is 54.3 Å². The first-order chi connectivity index (χ1) is 11.0. The quantitative estimate of drug-likeness (QED) is 0.813. The summed E-state index contributed by atoms with van der Waals surface area (Å²) in [6.07, 6.45) is 4.09. The highest BCUT2D eigenvalue weighted by molar-refractivity contribution is 6.30. The van der Waals surface area contributed by atoms with Gasteiger partial charge in [-0.3, -0.25) is 9.69 Å². The summed E-state index contributed by atoms with van der Waals surface area (Å²) in [6, 6.07) is 7.97. The molecular formula is C19H25ClN2O. The second kappa shape index (κ2) is 8.32. The van der Waals surface area contributed by atoms with E-state index in [2.05, 4.69) is 22.9 Å². The molecule has 0 unspecified atom stereocenters. The minimum absolute atomic E-state index is 0.136. The predicted octanol–water partition coefficient (Wildman–Crippen LogP) is 4.45. The van der Waals surface area contributed by atoms with Crippen molar-refractivity contribution in [3.63, 3.8) is 0 Å². The molecule has 2 rings (SSSR count). The Balaban J connectivity index is 2.18. The van der Waals surface area contributed by atoms with Gasteiger partial charge in [-0.15, -0.1) is 0 Å². The second-order valence-electron chi connectivity index (χ2n) is 6.10. The van der Waals surface area contributed by atoms with Gasteiger partial charge in [-0.25, -0.2) is 0 Å². The van der Waals surface area contributed by atoms with Gasteiger partial charge in [-0.2, -0.15) is 0 Å². The number of aryl methyl sites for hydroxylation is 1. The number of aromatic amines is 1. The fraction of sp³-hybridized carbons (Fsp3) is 0.421. The number of unbranched alkanes of at least 4 members (excludes halogenated alkanes) is 1. The molecule has 3 nitrogen and oxygen atoms in total. The van der Waals surface area contributed by atoms with Crippen LogP contribution in [0.4, 0.5) is 0 Å². The molecule has 4 heteroatoms. The van der Waals surface area contributed by atoms with Crippen molar-refractivity contribution in [3.8, 4) is 0 Å². The molecule has 0 radical (unpaired) electrons. The average Bonchev–Trinajstić information content (AvgIpc) is 2.53. The minimum Gasteiger partial charge on any atom is -0.363 e. The Bertz CT molecular complexity index is 709. The van der Waals surface area contributed by atoms with Crippen LogP contribution in [-0.2, 0) is 13.1 Å². The molecule has 0 aliphatic rings. The summed E-state index contributed by atoms with van der Waals surface area (Å²) in [7, 11) is 0. The Kier molecular flexibility index (Phi) is 6.43. The maximum absolute atomic E-state index is 12.1. The molecule has 0 saturated carbocycles. The number of hydrogen-bond acceptors (Lipinski definition) is 2. The number of halogens is 1. The third-order valence-corrected chi connectivity index (χ3v) is 4.35. The molecule has 0 spiro atoms. The van der Waals surface area contributed by atoms with E-state index in [1.54, 1.807) is 0 Å². The molecule has 2 aromatic rings. The van der Waals surface area contributed by atoms with E-state index < -0.39 is 0 Å². The highest BCUT2D eigenvalue weighted by atomic mass is 35.5. The molecule has 0 saturated heterocycles. The summed E-state index contributed by atoms with van der Waals surface area (Å²) in [5, 5.41) is 0.762. The lowest BCUT2D eigenvalue weighted by atomic mass is 10.1. The Labute approximate surface area is 143 Å². The summed E-state index contributed by atoms with van der Waals surface area (Å²) >= 11 is 6.09. The van der Waals surface area contributed by atoms with Crippen LogP contribution in [0, 0.1) is 13.8 Å². The van der Waals surface area contributed by atoms with E-state index in [1.165, 1.54) is 5.56 Å². The van der Waals surface area contributed by atoms with Gasteiger partial charge in [-0.1, -0.05) is 37.1 Å². The van der Waals surface area contributed by atoms with E-state index in [-0.39, 0.29) is 5.43 Å². The minimum atomic E-state index is 0.136. The molecule has 23 heavy (non-hydrogen) atoms. The number of aromatic nitrogens is 1. The molecule has 0 amide bonds. The molecular weight excluding hydrogens is 308 g/mol. The third kappa shape index (κ3) is 4.95. The van der Waals surface area contributed by atoms with Crippen molar-refractivity contribution in [1.82, 2.24) is 9.88 Å². The van der Waals surface area contributed by atoms with Crippen LogP contribution in [-0.4, -0.2) is 16.4 Å². The summed E-state index contributed by atoms with van der Waals surface area (Å²) < 4.78 is 0. The van der Waals surface area contributed by atoms with Gasteiger partial charge in [0.25, 0.3) is 0 Å². The monoisotopic (exact) mass is 332 g/mol. The van der Waals surface area contributed by atoms with Gasteiger partial charge < -0.3 is 4.98 Å². The number of rotatable bonds is 7. The highest BCUT2D eigenvalue weighted by Gasteiger charge is 2.11. The summed E-state index contributed by atoms with van der Waals surface area (Å²) in [4.78, 5) is 17.8. The molecule has 0 aliphatic heterocycles. The Hall–Kier alpha value is -1.58. The van der Waals surface area contributed by atoms with Gasteiger partial charge in [0.05, 0.1) is 0 Å². The van der Waals surface area contributed by atoms with Crippen molar-refractivity contribution < 1.29 is 0 Å². The van der Waals surface area contributed by atoms with Crippen LogP contribution in [0.2, 0.25) is 5.02 Å². The number of nitrogens with one attached hydrogen (secondary N) is 1. The topological polar surface area (TPSA) is 36.1 Å². The zero-order valence-corrected chi connectivity index (χ0v) is 14.9. The van der Waals surface area contributed by atoms with Crippen LogP contribution in [0.5, 0.6) is 0 Å². The van der Waals surface area contributed by atoms with Crippen LogP contribution in [0.25, 0.3) is 0 Å². The van der Waals surface area contributed by atoms with Crippen molar-refractivity contribution in [2.45, 2.75) is 46.7 Å². The lowest BCUT2D eigenvalue weighted by Gasteiger charge is -2.23. The second-order valence-corrected chi connectivity index (χ2v) is 6.53. The van der Waals surface area contributed by atoms with Gasteiger partial charge in [0.2, 0.25) is 0 Å². The Morgan fingerprint density at radius 2 is 2.00 bits per heavy atom. The van der Waals surface area contributed by atoms with Crippen molar-refractivity contribution in [1.29, 1.82) is 0 Å².